The fraction of sp³-hybridized carbons (Fsp3) is 0.471. The molecule has 1 heterocycles. The van der Waals surface area contributed by atoms with E-state index in [4.69, 9.17) is 5.73 Å². The number of nitrogen functional groups attached to an aromatic ring is 1. The number of nitrogens with one attached hydrogen (secondary N) is 1. The average molecular weight is 396 g/mol. The molecule has 1 atom stereocenters. The average Bonchev–Trinajstić information content (AvgIpc) is 2.94. The number of amides is 3. The van der Waals surface area contributed by atoms with Crippen LogP contribution < -0.4 is 11.1 Å². The first-order valence-corrected chi connectivity index (χ1v) is 10.3. The molecule has 1 aromatic rings. The monoisotopic (exact) mass is 396 g/mol. The molecule has 1 saturated heterocycles. The summed E-state index contributed by atoms with van der Waals surface area (Å²) < 4.78 is 23.5. The first-order valence-electron chi connectivity index (χ1n) is 8.46. The van der Waals surface area contributed by atoms with Crippen LogP contribution in [0.25, 0.3) is 0 Å². The molecule has 0 radical (unpaired) electrons. The molecule has 1 aliphatic heterocycles. The van der Waals surface area contributed by atoms with Gasteiger partial charge in [0.2, 0.25) is 0 Å². The van der Waals surface area contributed by atoms with Crippen LogP contribution in [0.4, 0.5) is 5.69 Å². The molecule has 1 aliphatic rings. The van der Waals surface area contributed by atoms with Gasteiger partial charge in [-0.1, -0.05) is 12.1 Å². The minimum absolute atomic E-state index is 0.0233. The van der Waals surface area contributed by atoms with E-state index in [2.05, 4.69) is 0 Å². The third kappa shape index (κ3) is 5.51. The lowest BCUT2D eigenvalue weighted by Gasteiger charge is -2.28. The van der Waals surface area contributed by atoms with E-state index in [1.807, 2.05) is 10.2 Å². The summed E-state index contributed by atoms with van der Waals surface area (Å²) in [6.07, 6.45) is 0.272. The Hall–Kier alpha value is -2.46. The van der Waals surface area contributed by atoms with Crippen LogP contribution in [0.15, 0.2) is 24.3 Å². The second kappa shape index (κ2) is 8.49. The molecule has 1 aromatic carbocycles. The van der Waals surface area contributed by atoms with Gasteiger partial charge in [-0.15, -0.1) is 0 Å². The van der Waals surface area contributed by atoms with Gasteiger partial charge >= 0.3 is 11.8 Å². The Balaban J connectivity index is 2.12. The van der Waals surface area contributed by atoms with Crippen molar-refractivity contribution in [2.75, 3.05) is 44.4 Å². The highest BCUT2D eigenvalue weighted by Gasteiger charge is 2.37. The normalized spacial score (nSPS) is 18.3. The molecule has 27 heavy (non-hydrogen) atoms. The van der Waals surface area contributed by atoms with Crippen LogP contribution in [0.2, 0.25) is 0 Å². The molecule has 3 amide bonds. The van der Waals surface area contributed by atoms with Gasteiger partial charge in [0.25, 0.3) is 5.91 Å². The minimum atomic E-state index is -3.23. The van der Waals surface area contributed by atoms with Crippen molar-refractivity contribution in [2.24, 2.45) is 0 Å². The Labute approximate surface area is 158 Å². The summed E-state index contributed by atoms with van der Waals surface area (Å²) in [4.78, 5) is 40.2. The molecule has 0 aliphatic carbocycles. The highest BCUT2D eigenvalue weighted by molar-refractivity contribution is 7.91. The van der Waals surface area contributed by atoms with Gasteiger partial charge in [0.05, 0.1) is 17.1 Å². The first-order chi connectivity index (χ1) is 12.6. The Morgan fingerprint density at radius 3 is 2.41 bits per heavy atom. The Bertz CT molecular complexity index is 837. The Morgan fingerprint density at radius 1 is 1.19 bits per heavy atom. The number of rotatable bonds is 5. The van der Waals surface area contributed by atoms with Crippen LogP contribution in [0.1, 0.15) is 16.8 Å². The number of nitrogens with two attached hydrogens (primary N) is 1. The van der Waals surface area contributed by atoms with Crippen LogP contribution in [0.3, 0.4) is 0 Å². The molecule has 148 valence electrons. The zero-order chi connectivity index (χ0) is 20.2. The second-order valence-electron chi connectivity index (χ2n) is 6.73. The number of hydrogen-bond donors (Lipinski definition) is 2. The zero-order valence-corrected chi connectivity index (χ0v) is 16.2. The van der Waals surface area contributed by atoms with Crippen LogP contribution in [0, 0.1) is 0 Å². The highest BCUT2D eigenvalue weighted by Crippen LogP contribution is 2.18. The molecule has 0 saturated carbocycles. The fourth-order valence-corrected chi connectivity index (χ4v) is 4.57. The summed E-state index contributed by atoms with van der Waals surface area (Å²) >= 11 is 0. The molecule has 1 fully saturated rings. The van der Waals surface area contributed by atoms with E-state index in [0.717, 1.165) is 0 Å². The van der Waals surface area contributed by atoms with E-state index in [1.54, 1.807) is 26.2 Å². The predicted molar refractivity (Wildman–Crippen MR) is 101 cm³/mol. The van der Waals surface area contributed by atoms with Crippen molar-refractivity contribution in [3.63, 3.8) is 0 Å². The lowest BCUT2D eigenvalue weighted by Crippen LogP contribution is -2.51. The van der Waals surface area contributed by atoms with Crippen molar-refractivity contribution in [1.29, 1.82) is 0 Å². The second-order valence-corrected chi connectivity index (χ2v) is 8.96. The summed E-state index contributed by atoms with van der Waals surface area (Å²) in [6, 6.07) is 5.60. The number of carbonyl (C=O) groups excluding carboxylic acids is 3. The number of carbonyl (C=O) groups is 3. The molecule has 2 rings (SSSR count). The van der Waals surface area contributed by atoms with E-state index in [0.29, 0.717) is 6.54 Å². The summed E-state index contributed by atoms with van der Waals surface area (Å²) in [7, 11) is 0.370. The van der Waals surface area contributed by atoms with E-state index in [1.165, 1.54) is 17.0 Å². The topological polar surface area (TPSA) is 130 Å². The number of benzene rings is 1. The molecule has 0 spiro atoms. The van der Waals surface area contributed by atoms with Crippen LogP contribution in [-0.2, 0) is 19.4 Å². The van der Waals surface area contributed by atoms with Gasteiger partial charge in [0.1, 0.15) is 0 Å². The molecule has 0 aromatic heterocycles. The van der Waals surface area contributed by atoms with Crippen LogP contribution in [-0.4, -0.2) is 80.7 Å². The summed E-state index contributed by atoms with van der Waals surface area (Å²) in [6.45, 7) is 0.635. The number of sulfone groups is 1. The number of imide groups is 1. The number of anilines is 1. The smallest absolute Gasteiger partial charge is 0.316 e. The van der Waals surface area contributed by atoms with Gasteiger partial charge in [-0.25, -0.2) is 8.42 Å². The SMILES string of the molecule is CN(C)CCN(C(=O)C(=O)NC(=O)c1ccccc1N)C1CCS(=O)(=O)C1. The largest absolute Gasteiger partial charge is 0.398 e. The first kappa shape index (κ1) is 20.8. The molecule has 3 N–H and O–H groups in total. The van der Waals surface area contributed by atoms with Crippen LogP contribution >= 0.6 is 0 Å². The lowest BCUT2D eigenvalue weighted by atomic mass is 10.1. The minimum Gasteiger partial charge on any atom is -0.398 e. The molecule has 0 bridgehead atoms. The van der Waals surface area contributed by atoms with E-state index in [9.17, 15) is 22.8 Å². The maximum absolute atomic E-state index is 12.6. The van der Waals surface area contributed by atoms with E-state index in [-0.39, 0.29) is 35.7 Å². The Morgan fingerprint density at radius 2 is 1.85 bits per heavy atom. The molecule has 9 nitrogen and oxygen atoms in total. The number of nitrogens with zero attached hydrogens (tertiary/aromatic N) is 2. The summed E-state index contributed by atoms with van der Waals surface area (Å²) in [5, 5.41) is 2.04. The number of para-hydroxylation sites is 1. The van der Waals surface area contributed by atoms with Crippen molar-refractivity contribution in [1.82, 2.24) is 15.1 Å². The standard InChI is InChI=1S/C17H24N4O5S/c1-20(2)8-9-21(12-7-10-27(25,26)11-12)17(24)16(23)19-15(22)13-5-3-4-6-14(13)18/h3-6,12H,7-11,18H2,1-2H3,(H,19,22,23). The Kier molecular flexibility index (Phi) is 6.55. The number of likely N-dealkylation sites (N-methyl/N-ethyl adjacent to an activating group) is 1. The zero-order valence-electron chi connectivity index (χ0n) is 15.3. The maximum atomic E-state index is 12.6. The summed E-state index contributed by atoms with van der Waals surface area (Å²) in [5.41, 5.74) is 5.97. The predicted octanol–water partition coefficient (Wildman–Crippen LogP) is -0.897. The lowest BCUT2D eigenvalue weighted by molar-refractivity contribution is -0.146. The van der Waals surface area contributed by atoms with Crippen molar-refractivity contribution in [3.05, 3.63) is 29.8 Å². The maximum Gasteiger partial charge on any atom is 0.316 e. The van der Waals surface area contributed by atoms with Crippen molar-refractivity contribution < 1.29 is 22.8 Å². The number of hydrogen-bond acceptors (Lipinski definition) is 7. The van der Waals surface area contributed by atoms with Crippen molar-refractivity contribution in [3.8, 4) is 0 Å². The fourth-order valence-electron chi connectivity index (χ4n) is 2.84. The van der Waals surface area contributed by atoms with Crippen molar-refractivity contribution in [2.45, 2.75) is 12.5 Å². The van der Waals surface area contributed by atoms with Crippen molar-refractivity contribution >= 4 is 33.2 Å². The van der Waals surface area contributed by atoms with Gasteiger partial charge in [-0.3, -0.25) is 19.7 Å². The van der Waals surface area contributed by atoms with E-state index < -0.39 is 33.6 Å². The molecular formula is C17H24N4O5S. The summed E-state index contributed by atoms with van der Waals surface area (Å²) in [5.74, 6) is -3.02. The third-order valence-electron chi connectivity index (χ3n) is 4.32. The van der Waals surface area contributed by atoms with Gasteiger partial charge in [-0.05, 0) is 32.6 Å². The van der Waals surface area contributed by atoms with Gasteiger partial charge < -0.3 is 15.5 Å². The van der Waals surface area contributed by atoms with Crippen LogP contribution in [0.5, 0.6) is 0 Å². The molecule has 1 unspecified atom stereocenters. The van der Waals surface area contributed by atoms with Gasteiger partial charge in [0, 0.05) is 24.8 Å². The van der Waals surface area contributed by atoms with E-state index >= 15 is 0 Å². The molecule has 10 heteroatoms. The molecular weight excluding hydrogens is 372 g/mol. The highest BCUT2D eigenvalue weighted by atomic mass is 32.2. The third-order valence-corrected chi connectivity index (χ3v) is 6.08. The van der Waals surface area contributed by atoms with Gasteiger partial charge in [-0.2, -0.15) is 0 Å². The quantitative estimate of drug-likeness (QED) is 0.487. The van der Waals surface area contributed by atoms with Gasteiger partial charge in [0.15, 0.2) is 9.84 Å².